The molecule has 1 aromatic carbocycles. The van der Waals surface area contributed by atoms with E-state index in [1.54, 1.807) is 12.1 Å². The minimum Gasteiger partial charge on any atom is -0.481 e. The molecule has 0 spiro atoms. The van der Waals surface area contributed by atoms with E-state index in [9.17, 15) is 18.0 Å². The highest BCUT2D eigenvalue weighted by atomic mass is 19.4. The zero-order chi connectivity index (χ0) is 15.6. The quantitative estimate of drug-likeness (QED) is 0.932. The van der Waals surface area contributed by atoms with Crippen LogP contribution in [0.3, 0.4) is 0 Å². The minimum absolute atomic E-state index is 0.296. The van der Waals surface area contributed by atoms with Gasteiger partial charge in [-0.3, -0.25) is 9.78 Å². The summed E-state index contributed by atoms with van der Waals surface area (Å²) in [6, 6.07) is 9.45. The first-order valence-corrected chi connectivity index (χ1v) is 6.16. The summed E-state index contributed by atoms with van der Waals surface area (Å²) in [6.07, 6.45) is -4.43. The molecule has 110 valence electrons. The van der Waals surface area contributed by atoms with Gasteiger partial charge >= 0.3 is 12.1 Å². The Kier molecular flexibility index (Phi) is 3.97. The van der Waals surface area contributed by atoms with Gasteiger partial charge in [0.2, 0.25) is 0 Å². The maximum atomic E-state index is 12.7. The van der Waals surface area contributed by atoms with E-state index in [0.717, 1.165) is 12.1 Å². The Morgan fingerprint density at radius 3 is 2.48 bits per heavy atom. The Hall–Kier alpha value is -2.37. The molecule has 0 fully saturated rings. The molecule has 0 saturated heterocycles. The summed E-state index contributed by atoms with van der Waals surface area (Å²) in [7, 11) is 0. The third-order valence-corrected chi connectivity index (χ3v) is 3.07. The number of nitrogens with zero attached hydrogens (tertiary/aromatic N) is 1. The Balaban J connectivity index is 2.43. The second-order valence-electron chi connectivity index (χ2n) is 4.59. The number of halogens is 3. The fraction of sp³-hybridized carbons (Fsp3) is 0.200. The molecule has 0 amide bonds. The molecule has 1 N–H and O–H groups in total. The van der Waals surface area contributed by atoms with Crippen molar-refractivity contribution in [1.29, 1.82) is 0 Å². The van der Waals surface area contributed by atoms with Gasteiger partial charge in [-0.25, -0.2) is 0 Å². The van der Waals surface area contributed by atoms with Crippen molar-refractivity contribution in [2.45, 2.75) is 19.0 Å². The van der Waals surface area contributed by atoms with Gasteiger partial charge in [-0.05, 0) is 31.2 Å². The van der Waals surface area contributed by atoms with Crippen molar-refractivity contribution >= 4 is 5.97 Å². The third-order valence-electron chi connectivity index (χ3n) is 3.07. The average Bonchev–Trinajstić information content (AvgIpc) is 2.46. The largest absolute Gasteiger partial charge is 0.481 e. The van der Waals surface area contributed by atoms with Crippen LogP contribution in [-0.2, 0) is 11.0 Å². The van der Waals surface area contributed by atoms with E-state index in [0.29, 0.717) is 17.0 Å². The molecule has 1 aromatic heterocycles. The van der Waals surface area contributed by atoms with Crippen molar-refractivity contribution in [2.24, 2.45) is 0 Å². The fourth-order valence-corrected chi connectivity index (χ4v) is 1.83. The number of rotatable bonds is 3. The second kappa shape index (κ2) is 5.55. The summed E-state index contributed by atoms with van der Waals surface area (Å²) in [5.41, 5.74) is 0.145. The summed E-state index contributed by atoms with van der Waals surface area (Å²) in [5.74, 6) is -1.86. The standard InChI is InChI=1S/C15H12F3NO2/c1-9(14(20)21)12-6-3-7-13(19-12)10-4-2-5-11(8-10)15(16,17)18/h2-9H,1H3,(H,20,21). The molecule has 2 rings (SSSR count). The van der Waals surface area contributed by atoms with Crippen LogP contribution in [0.2, 0.25) is 0 Å². The molecule has 1 atom stereocenters. The zero-order valence-electron chi connectivity index (χ0n) is 11.1. The smallest absolute Gasteiger partial charge is 0.416 e. The van der Waals surface area contributed by atoms with Crippen molar-refractivity contribution in [3.05, 3.63) is 53.7 Å². The molecule has 21 heavy (non-hydrogen) atoms. The van der Waals surface area contributed by atoms with E-state index < -0.39 is 23.6 Å². The highest BCUT2D eigenvalue weighted by Gasteiger charge is 2.30. The van der Waals surface area contributed by atoms with Gasteiger partial charge in [0, 0.05) is 5.56 Å². The van der Waals surface area contributed by atoms with Crippen LogP contribution < -0.4 is 0 Å². The first-order chi connectivity index (χ1) is 9.79. The van der Waals surface area contributed by atoms with Gasteiger partial charge in [-0.1, -0.05) is 18.2 Å². The topological polar surface area (TPSA) is 50.2 Å². The molecule has 0 radical (unpaired) electrons. The van der Waals surface area contributed by atoms with Crippen molar-refractivity contribution in [3.8, 4) is 11.3 Å². The highest BCUT2D eigenvalue weighted by molar-refractivity contribution is 5.75. The monoisotopic (exact) mass is 295 g/mol. The van der Waals surface area contributed by atoms with Crippen LogP contribution in [0.15, 0.2) is 42.5 Å². The molecule has 2 aromatic rings. The lowest BCUT2D eigenvalue weighted by Gasteiger charge is -2.10. The number of aromatic nitrogens is 1. The number of alkyl halides is 3. The molecular weight excluding hydrogens is 283 g/mol. The third kappa shape index (κ3) is 3.39. The maximum Gasteiger partial charge on any atom is 0.416 e. The van der Waals surface area contributed by atoms with Crippen LogP contribution in [0.25, 0.3) is 11.3 Å². The number of carbonyl (C=O) groups is 1. The predicted octanol–water partition coefficient (Wildman–Crippen LogP) is 3.96. The van der Waals surface area contributed by atoms with E-state index in [2.05, 4.69) is 4.98 Å². The summed E-state index contributed by atoms with van der Waals surface area (Å²) in [5, 5.41) is 8.96. The van der Waals surface area contributed by atoms with Crippen molar-refractivity contribution < 1.29 is 23.1 Å². The number of carboxylic acid groups (broad SMARTS) is 1. The second-order valence-corrected chi connectivity index (χ2v) is 4.59. The van der Waals surface area contributed by atoms with Gasteiger partial charge in [0.1, 0.15) is 0 Å². The van der Waals surface area contributed by atoms with Gasteiger partial charge in [-0.2, -0.15) is 13.2 Å². The number of pyridine rings is 1. The van der Waals surface area contributed by atoms with Gasteiger partial charge in [-0.15, -0.1) is 0 Å². The highest BCUT2D eigenvalue weighted by Crippen LogP contribution is 2.32. The molecule has 0 aliphatic heterocycles. The first-order valence-electron chi connectivity index (χ1n) is 6.16. The first kappa shape index (κ1) is 15.0. The number of carboxylic acids is 1. The Labute approximate surface area is 119 Å². The summed E-state index contributed by atoms with van der Waals surface area (Å²) >= 11 is 0. The summed E-state index contributed by atoms with van der Waals surface area (Å²) < 4.78 is 38.1. The average molecular weight is 295 g/mol. The molecular formula is C15H12F3NO2. The molecule has 0 bridgehead atoms. The molecule has 3 nitrogen and oxygen atoms in total. The molecule has 1 heterocycles. The number of hydrogen-bond donors (Lipinski definition) is 1. The van der Waals surface area contributed by atoms with Crippen molar-refractivity contribution in [2.75, 3.05) is 0 Å². The Morgan fingerprint density at radius 2 is 1.86 bits per heavy atom. The van der Waals surface area contributed by atoms with Crippen LogP contribution in [0.1, 0.15) is 24.1 Å². The molecule has 1 unspecified atom stereocenters. The van der Waals surface area contributed by atoms with Crippen molar-refractivity contribution in [1.82, 2.24) is 4.98 Å². The lowest BCUT2D eigenvalue weighted by Crippen LogP contribution is -2.09. The number of hydrogen-bond acceptors (Lipinski definition) is 2. The minimum atomic E-state index is -4.43. The SMILES string of the molecule is CC(C(=O)O)c1cccc(-c2cccc(C(F)(F)F)c2)n1. The van der Waals surface area contributed by atoms with E-state index >= 15 is 0 Å². The summed E-state index contributed by atoms with van der Waals surface area (Å²) in [6.45, 7) is 1.47. The molecule has 0 saturated carbocycles. The van der Waals surface area contributed by atoms with Gasteiger partial charge < -0.3 is 5.11 Å². The van der Waals surface area contributed by atoms with Gasteiger partial charge in [0.25, 0.3) is 0 Å². The van der Waals surface area contributed by atoms with Crippen LogP contribution in [0.4, 0.5) is 13.2 Å². The zero-order valence-corrected chi connectivity index (χ0v) is 11.1. The lowest BCUT2D eigenvalue weighted by atomic mass is 10.0. The van der Waals surface area contributed by atoms with Gasteiger partial charge in [0.05, 0.1) is 22.9 Å². The van der Waals surface area contributed by atoms with Crippen LogP contribution in [-0.4, -0.2) is 16.1 Å². The molecule has 6 heteroatoms. The normalized spacial score (nSPS) is 13.0. The fourth-order valence-electron chi connectivity index (χ4n) is 1.83. The van der Waals surface area contributed by atoms with Gasteiger partial charge in [0.15, 0.2) is 0 Å². The number of aliphatic carboxylic acids is 1. The maximum absolute atomic E-state index is 12.7. The Bertz CT molecular complexity index is 668. The Morgan fingerprint density at radius 1 is 1.19 bits per heavy atom. The molecule has 0 aliphatic carbocycles. The predicted molar refractivity (Wildman–Crippen MR) is 70.7 cm³/mol. The van der Waals surface area contributed by atoms with E-state index in [-0.39, 0.29) is 0 Å². The van der Waals surface area contributed by atoms with Crippen LogP contribution in [0, 0.1) is 0 Å². The molecule has 0 aliphatic rings. The van der Waals surface area contributed by atoms with Crippen LogP contribution in [0.5, 0.6) is 0 Å². The van der Waals surface area contributed by atoms with E-state index in [4.69, 9.17) is 5.11 Å². The lowest BCUT2D eigenvalue weighted by molar-refractivity contribution is -0.139. The van der Waals surface area contributed by atoms with Crippen LogP contribution >= 0.6 is 0 Å². The van der Waals surface area contributed by atoms with Crippen molar-refractivity contribution in [3.63, 3.8) is 0 Å². The summed E-state index contributed by atoms with van der Waals surface area (Å²) in [4.78, 5) is 15.1. The number of benzene rings is 1. The van der Waals surface area contributed by atoms with E-state index in [1.807, 2.05) is 0 Å². The van der Waals surface area contributed by atoms with E-state index in [1.165, 1.54) is 25.1 Å².